The van der Waals surface area contributed by atoms with Crippen molar-refractivity contribution in [3.05, 3.63) is 80.5 Å². The first kappa shape index (κ1) is 21.1. The van der Waals surface area contributed by atoms with Gasteiger partial charge in [-0.1, -0.05) is 41.9 Å². The number of esters is 1. The number of para-hydroxylation sites is 1. The van der Waals surface area contributed by atoms with Gasteiger partial charge >= 0.3 is 5.97 Å². The number of anilines is 1. The van der Waals surface area contributed by atoms with Crippen molar-refractivity contribution in [2.75, 3.05) is 11.9 Å². The average Bonchev–Trinajstić information content (AvgIpc) is 2.97. The second-order valence-corrected chi connectivity index (χ2v) is 7.66. The van der Waals surface area contributed by atoms with Crippen LogP contribution in [0.5, 0.6) is 0 Å². The number of halogens is 2. The Kier molecular flexibility index (Phi) is 6.71. The van der Waals surface area contributed by atoms with Crippen LogP contribution < -0.4 is 5.32 Å². The average molecular weight is 477 g/mol. The van der Waals surface area contributed by atoms with Gasteiger partial charge in [0.25, 0.3) is 5.91 Å². The molecule has 1 amide bonds. The molecule has 2 aromatic carbocycles. The van der Waals surface area contributed by atoms with Crippen LogP contribution >= 0.6 is 27.5 Å². The number of nitrogens with zero attached hydrogens (tertiary/aromatic N) is 2. The van der Waals surface area contributed by atoms with Crippen molar-refractivity contribution in [3.8, 4) is 0 Å². The molecular formula is C21H19BrClN3O3. The number of rotatable bonds is 6. The standard InChI is InChI=1S/C21H19BrClN3O3/c1-13-20(14(2)26(25-13)11-15-7-3-5-9-17(15)23)21(28)29-12-19(27)24-18-10-6-4-8-16(18)22/h3-10H,11-12H2,1-2H3,(H,24,27). The van der Waals surface area contributed by atoms with Gasteiger partial charge in [-0.05, 0) is 53.5 Å². The molecule has 0 atom stereocenters. The molecule has 0 aliphatic heterocycles. The number of hydrogen-bond donors (Lipinski definition) is 1. The molecular weight excluding hydrogens is 458 g/mol. The van der Waals surface area contributed by atoms with E-state index in [1.165, 1.54) is 0 Å². The minimum absolute atomic E-state index is 0.353. The summed E-state index contributed by atoms with van der Waals surface area (Å²) in [6, 6.07) is 14.7. The number of carbonyl (C=O) groups excluding carboxylic acids is 2. The second kappa shape index (κ2) is 9.24. The lowest BCUT2D eigenvalue weighted by molar-refractivity contribution is -0.119. The number of aromatic nitrogens is 2. The Balaban J connectivity index is 1.66. The molecule has 0 spiro atoms. The molecule has 0 aliphatic rings. The van der Waals surface area contributed by atoms with Crippen molar-refractivity contribution in [2.24, 2.45) is 0 Å². The van der Waals surface area contributed by atoms with Crippen molar-refractivity contribution in [1.29, 1.82) is 0 Å². The predicted molar refractivity (Wildman–Crippen MR) is 115 cm³/mol. The summed E-state index contributed by atoms with van der Waals surface area (Å²) in [6.07, 6.45) is 0. The summed E-state index contributed by atoms with van der Waals surface area (Å²) in [6.45, 7) is 3.55. The van der Waals surface area contributed by atoms with Gasteiger partial charge in [0.05, 0.1) is 23.6 Å². The van der Waals surface area contributed by atoms with Crippen LogP contribution in [0.3, 0.4) is 0 Å². The lowest BCUT2D eigenvalue weighted by Gasteiger charge is -2.09. The second-order valence-electron chi connectivity index (χ2n) is 6.40. The molecule has 1 aromatic heterocycles. The lowest BCUT2D eigenvalue weighted by atomic mass is 10.2. The maximum absolute atomic E-state index is 12.6. The van der Waals surface area contributed by atoms with E-state index in [1.54, 1.807) is 30.7 Å². The monoisotopic (exact) mass is 475 g/mol. The fourth-order valence-corrected chi connectivity index (χ4v) is 3.47. The van der Waals surface area contributed by atoms with Gasteiger partial charge in [-0.25, -0.2) is 4.79 Å². The largest absolute Gasteiger partial charge is 0.452 e. The SMILES string of the molecule is Cc1nn(Cc2ccccc2Cl)c(C)c1C(=O)OCC(=O)Nc1ccccc1Br. The van der Waals surface area contributed by atoms with E-state index in [9.17, 15) is 9.59 Å². The number of benzene rings is 2. The van der Waals surface area contributed by atoms with Crippen LogP contribution in [0.25, 0.3) is 0 Å². The normalized spacial score (nSPS) is 10.6. The summed E-state index contributed by atoms with van der Waals surface area (Å²) in [5.74, 6) is -1.02. The molecule has 1 N–H and O–H groups in total. The first-order valence-corrected chi connectivity index (χ1v) is 10.0. The number of hydrogen-bond acceptors (Lipinski definition) is 4. The van der Waals surface area contributed by atoms with E-state index in [4.69, 9.17) is 16.3 Å². The first-order valence-electron chi connectivity index (χ1n) is 8.85. The quantitative estimate of drug-likeness (QED) is 0.521. The van der Waals surface area contributed by atoms with Gasteiger partial charge in [0, 0.05) is 9.50 Å². The van der Waals surface area contributed by atoms with E-state index in [2.05, 4.69) is 26.3 Å². The van der Waals surface area contributed by atoms with Crippen molar-refractivity contribution >= 4 is 45.1 Å². The molecule has 0 aliphatic carbocycles. The van der Waals surface area contributed by atoms with Crippen molar-refractivity contribution in [1.82, 2.24) is 9.78 Å². The fourth-order valence-electron chi connectivity index (χ4n) is 2.89. The summed E-state index contributed by atoms with van der Waals surface area (Å²) in [5, 5.41) is 7.75. The first-order chi connectivity index (χ1) is 13.9. The Morgan fingerprint density at radius 3 is 2.55 bits per heavy atom. The third kappa shape index (κ3) is 5.05. The van der Waals surface area contributed by atoms with Crippen LogP contribution in [0.2, 0.25) is 5.02 Å². The molecule has 6 nitrogen and oxygen atoms in total. The Morgan fingerprint density at radius 2 is 1.83 bits per heavy atom. The molecule has 3 rings (SSSR count). The van der Waals surface area contributed by atoms with E-state index in [0.717, 1.165) is 10.0 Å². The predicted octanol–water partition coefficient (Wildman–Crippen LogP) is 4.76. The summed E-state index contributed by atoms with van der Waals surface area (Å²) in [5.41, 5.74) is 3.04. The molecule has 0 bridgehead atoms. The molecule has 0 unspecified atom stereocenters. The number of nitrogens with one attached hydrogen (secondary N) is 1. The number of ether oxygens (including phenoxy) is 1. The van der Waals surface area contributed by atoms with E-state index < -0.39 is 18.5 Å². The number of carbonyl (C=O) groups is 2. The molecule has 0 saturated carbocycles. The summed E-state index contributed by atoms with van der Waals surface area (Å²) in [7, 11) is 0. The smallest absolute Gasteiger partial charge is 0.342 e. The van der Waals surface area contributed by atoms with E-state index in [0.29, 0.717) is 34.2 Å². The molecule has 0 fully saturated rings. The molecule has 29 heavy (non-hydrogen) atoms. The molecule has 150 valence electrons. The van der Waals surface area contributed by atoms with Gasteiger partial charge in [-0.2, -0.15) is 5.10 Å². The minimum Gasteiger partial charge on any atom is -0.452 e. The molecule has 0 radical (unpaired) electrons. The maximum Gasteiger partial charge on any atom is 0.342 e. The zero-order chi connectivity index (χ0) is 21.0. The third-order valence-electron chi connectivity index (χ3n) is 4.35. The van der Waals surface area contributed by atoms with Crippen molar-refractivity contribution in [2.45, 2.75) is 20.4 Å². The van der Waals surface area contributed by atoms with Crippen LogP contribution in [0.1, 0.15) is 27.3 Å². The van der Waals surface area contributed by atoms with E-state index in [-0.39, 0.29) is 0 Å². The number of aryl methyl sites for hydroxylation is 1. The summed E-state index contributed by atoms with van der Waals surface area (Å²) in [4.78, 5) is 24.7. The van der Waals surface area contributed by atoms with Gasteiger partial charge < -0.3 is 10.1 Å². The maximum atomic E-state index is 12.6. The van der Waals surface area contributed by atoms with Crippen molar-refractivity contribution in [3.63, 3.8) is 0 Å². The minimum atomic E-state index is -0.590. The molecule has 0 saturated heterocycles. The highest BCUT2D eigenvalue weighted by molar-refractivity contribution is 9.10. The van der Waals surface area contributed by atoms with Gasteiger partial charge in [-0.15, -0.1) is 0 Å². The van der Waals surface area contributed by atoms with Crippen LogP contribution in [0, 0.1) is 13.8 Å². The molecule has 1 heterocycles. The van der Waals surface area contributed by atoms with Crippen LogP contribution in [-0.2, 0) is 16.1 Å². The number of amides is 1. The fraction of sp³-hybridized carbons (Fsp3) is 0.190. The highest BCUT2D eigenvalue weighted by atomic mass is 79.9. The summed E-state index contributed by atoms with van der Waals surface area (Å²) < 4.78 is 7.65. The highest BCUT2D eigenvalue weighted by Gasteiger charge is 2.21. The topological polar surface area (TPSA) is 73.2 Å². The zero-order valence-corrected chi connectivity index (χ0v) is 18.3. The Labute approximate surface area is 181 Å². The van der Waals surface area contributed by atoms with Crippen LogP contribution in [-0.4, -0.2) is 28.3 Å². The van der Waals surface area contributed by atoms with E-state index in [1.807, 2.05) is 36.4 Å². The Bertz CT molecular complexity index is 1070. The van der Waals surface area contributed by atoms with Gasteiger partial charge in [-0.3, -0.25) is 9.48 Å². The summed E-state index contributed by atoms with van der Waals surface area (Å²) >= 11 is 9.57. The van der Waals surface area contributed by atoms with Gasteiger partial charge in [0.2, 0.25) is 0 Å². The Hall–Kier alpha value is -2.64. The lowest BCUT2D eigenvalue weighted by Crippen LogP contribution is -2.21. The molecule has 8 heteroatoms. The van der Waals surface area contributed by atoms with Crippen LogP contribution in [0.4, 0.5) is 5.69 Å². The van der Waals surface area contributed by atoms with Crippen molar-refractivity contribution < 1.29 is 14.3 Å². The zero-order valence-electron chi connectivity index (χ0n) is 15.9. The highest BCUT2D eigenvalue weighted by Crippen LogP contribution is 2.22. The molecule has 3 aromatic rings. The van der Waals surface area contributed by atoms with Gasteiger partial charge in [0.1, 0.15) is 5.56 Å². The van der Waals surface area contributed by atoms with Crippen LogP contribution in [0.15, 0.2) is 53.0 Å². The third-order valence-corrected chi connectivity index (χ3v) is 5.41. The van der Waals surface area contributed by atoms with E-state index >= 15 is 0 Å². The Morgan fingerprint density at radius 1 is 1.14 bits per heavy atom. The van der Waals surface area contributed by atoms with Gasteiger partial charge in [0.15, 0.2) is 6.61 Å².